The summed E-state index contributed by atoms with van der Waals surface area (Å²) in [5, 5.41) is 8.95. The van der Waals surface area contributed by atoms with Gasteiger partial charge in [0.1, 0.15) is 11.6 Å². The van der Waals surface area contributed by atoms with E-state index in [1.807, 2.05) is 12.3 Å². The van der Waals surface area contributed by atoms with Gasteiger partial charge in [-0.05, 0) is 37.5 Å². The van der Waals surface area contributed by atoms with Crippen LogP contribution < -0.4 is 5.56 Å². The summed E-state index contributed by atoms with van der Waals surface area (Å²) in [5.41, 5.74) is 2.27. The first-order valence-electron chi connectivity index (χ1n) is 5.00. The SMILES string of the molecule is CSc1c2c([nH]c(=O)c1C#N)CCCC2. The molecule has 0 amide bonds. The maximum Gasteiger partial charge on any atom is 0.267 e. The van der Waals surface area contributed by atoms with Crippen molar-refractivity contribution in [2.24, 2.45) is 0 Å². The highest BCUT2D eigenvalue weighted by Crippen LogP contribution is 2.29. The van der Waals surface area contributed by atoms with E-state index < -0.39 is 0 Å². The fourth-order valence-corrected chi connectivity index (χ4v) is 2.89. The second-order valence-corrected chi connectivity index (χ2v) is 4.45. The molecule has 1 heterocycles. The lowest BCUT2D eigenvalue weighted by Gasteiger charge is -2.18. The molecule has 1 aromatic rings. The first kappa shape index (κ1) is 10.3. The quantitative estimate of drug-likeness (QED) is 0.735. The van der Waals surface area contributed by atoms with Crippen molar-refractivity contribution in [3.8, 4) is 6.07 Å². The van der Waals surface area contributed by atoms with Gasteiger partial charge in [-0.3, -0.25) is 4.79 Å². The minimum Gasteiger partial charge on any atom is -0.325 e. The normalized spacial score (nSPS) is 14.4. The van der Waals surface area contributed by atoms with Crippen LogP contribution in [-0.2, 0) is 12.8 Å². The van der Waals surface area contributed by atoms with Crippen LogP contribution in [0.4, 0.5) is 0 Å². The van der Waals surface area contributed by atoms with E-state index in [2.05, 4.69) is 4.98 Å². The van der Waals surface area contributed by atoms with Crippen LogP contribution in [0.1, 0.15) is 29.7 Å². The highest BCUT2D eigenvalue weighted by atomic mass is 32.2. The van der Waals surface area contributed by atoms with E-state index in [1.165, 1.54) is 17.3 Å². The van der Waals surface area contributed by atoms with Crippen molar-refractivity contribution in [2.75, 3.05) is 6.26 Å². The largest absolute Gasteiger partial charge is 0.325 e. The van der Waals surface area contributed by atoms with Crippen molar-refractivity contribution in [1.82, 2.24) is 4.98 Å². The molecule has 1 aliphatic carbocycles. The smallest absolute Gasteiger partial charge is 0.267 e. The van der Waals surface area contributed by atoms with Gasteiger partial charge in [0.2, 0.25) is 0 Å². The number of thioether (sulfide) groups is 1. The zero-order valence-electron chi connectivity index (χ0n) is 8.59. The molecule has 78 valence electrons. The zero-order valence-corrected chi connectivity index (χ0v) is 9.41. The average Bonchev–Trinajstić information content (AvgIpc) is 2.27. The Morgan fingerprint density at radius 2 is 2.13 bits per heavy atom. The topological polar surface area (TPSA) is 56.6 Å². The Kier molecular flexibility index (Phi) is 2.83. The molecule has 0 spiro atoms. The highest BCUT2D eigenvalue weighted by Gasteiger charge is 2.18. The molecule has 0 unspecified atom stereocenters. The lowest BCUT2D eigenvalue weighted by molar-refractivity contribution is 0.653. The number of aromatic amines is 1. The molecule has 15 heavy (non-hydrogen) atoms. The summed E-state index contributed by atoms with van der Waals surface area (Å²) in [6.45, 7) is 0. The molecule has 0 bridgehead atoms. The summed E-state index contributed by atoms with van der Waals surface area (Å²) in [6.07, 6.45) is 6.12. The predicted octanol–water partition coefficient (Wildman–Crippen LogP) is 1.85. The van der Waals surface area contributed by atoms with E-state index in [1.54, 1.807) is 0 Å². The fraction of sp³-hybridized carbons (Fsp3) is 0.455. The lowest BCUT2D eigenvalue weighted by atomic mass is 9.95. The van der Waals surface area contributed by atoms with E-state index in [4.69, 9.17) is 5.26 Å². The van der Waals surface area contributed by atoms with Crippen LogP contribution in [0.5, 0.6) is 0 Å². The average molecular weight is 220 g/mol. The first-order valence-corrected chi connectivity index (χ1v) is 6.22. The molecule has 0 aliphatic heterocycles. The molecule has 3 nitrogen and oxygen atoms in total. The molecule has 1 N–H and O–H groups in total. The molecule has 0 saturated heterocycles. The Morgan fingerprint density at radius 3 is 2.80 bits per heavy atom. The number of hydrogen-bond donors (Lipinski definition) is 1. The minimum absolute atomic E-state index is 0.234. The van der Waals surface area contributed by atoms with Crippen molar-refractivity contribution in [2.45, 2.75) is 30.6 Å². The molecule has 4 heteroatoms. The highest BCUT2D eigenvalue weighted by molar-refractivity contribution is 7.98. The van der Waals surface area contributed by atoms with Crippen LogP contribution in [0, 0.1) is 11.3 Å². The third-order valence-corrected chi connectivity index (χ3v) is 3.64. The van der Waals surface area contributed by atoms with Gasteiger partial charge in [0.15, 0.2) is 0 Å². The first-order chi connectivity index (χ1) is 7.27. The zero-order chi connectivity index (χ0) is 10.8. The number of hydrogen-bond acceptors (Lipinski definition) is 3. The molecule has 0 aromatic carbocycles. The number of fused-ring (bicyclic) bond motifs is 1. The van der Waals surface area contributed by atoms with Gasteiger partial charge in [0.25, 0.3) is 5.56 Å². The number of nitrogens with zero attached hydrogens (tertiary/aromatic N) is 1. The Bertz CT molecular complexity index is 485. The molecule has 1 aromatic heterocycles. The third kappa shape index (κ3) is 1.68. The van der Waals surface area contributed by atoms with Crippen LogP contribution in [0.15, 0.2) is 9.69 Å². The Morgan fingerprint density at radius 1 is 1.40 bits per heavy atom. The number of nitrogens with one attached hydrogen (secondary N) is 1. The summed E-state index contributed by atoms with van der Waals surface area (Å²) in [4.78, 5) is 15.3. The number of aromatic nitrogens is 1. The summed E-state index contributed by atoms with van der Waals surface area (Å²) < 4.78 is 0. The standard InChI is InChI=1S/C11H12N2OS/c1-15-10-7-4-2-3-5-9(7)13-11(14)8(10)6-12/h2-5H2,1H3,(H,13,14). The van der Waals surface area contributed by atoms with Crippen LogP contribution >= 0.6 is 11.8 Å². The molecule has 0 atom stereocenters. The van der Waals surface area contributed by atoms with Gasteiger partial charge in [-0.1, -0.05) is 0 Å². The van der Waals surface area contributed by atoms with Crippen LogP contribution in [-0.4, -0.2) is 11.2 Å². The van der Waals surface area contributed by atoms with Gasteiger partial charge < -0.3 is 4.98 Å². The monoisotopic (exact) mass is 220 g/mol. The molecular formula is C11H12N2OS. The molecule has 2 rings (SSSR count). The Labute approximate surface area is 92.5 Å². The van der Waals surface area contributed by atoms with Crippen molar-refractivity contribution < 1.29 is 0 Å². The number of H-pyrrole nitrogens is 1. The van der Waals surface area contributed by atoms with Gasteiger partial charge in [0, 0.05) is 10.6 Å². The van der Waals surface area contributed by atoms with Gasteiger partial charge in [-0.25, -0.2) is 0 Å². The molecule has 0 radical (unpaired) electrons. The van der Waals surface area contributed by atoms with Gasteiger partial charge in [-0.2, -0.15) is 5.26 Å². The second-order valence-electron chi connectivity index (χ2n) is 3.64. The van der Waals surface area contributed by atoms with Crippen LogP contribution in [0.25, 0.3) is 0 Å². The van der Waals surface area contributed by atoms with Crippen molar-refractivity contribution in [3.05, 3.63) is 27.2 Å². The molecule has 1 aliphatic rings. The summed E-state index contributed by atoms with van der Waals surface area (Å²) in [5.74, 6) is 0. The van der Waals surface area contributed by atoms with E-state index >= 15 is 0 Å². The number of aryl methyl sites for hydroxylation is 1. The van der Waals surface area contributed by atoms with Crippen LogP contribution in [0.3, 0.4) is 0 Å². The number of rotatable bonds is 1. The summed E-state index contributed by atoms with van der Waals surface area (Å²) >= 11 is 1.51. The summed E-state index contributed by atoms with van der Waals surface area (Å²) in [7, 11) is 0. The second kappa shape index (κ2) is 4.11. The number of pyridine rings is 1. The molecule has 0 saturated carbocycles. The van der Waals surface area contributed by atoms with Gasteiger partial charge in [0.05, 0.1) is 0 Å². The Balaban J connectivity index is 2.72. The van der Waals surface area contributed by atoms with E-state index in [9.17, 15) is 4.79 Å². The van der Waals surface area contributed by atoms with Crippen LogP contribution in [0.2, 0.25) is 0 Å². The summed E-state index contributed by atoms with van der Waals surface area (Å²) in [6, 6.07) is 2.00. The lowest BCUT2D eigenvalue weighted by Crippen LogP contribution is -2.19. The van der Waals surface area contributed by atoms with Gasteiger partial charge >= 0.3 is 0 Å². The molecular weight excluding hydrogens is 208 g/mol. The maximum atomic E-state index is 11.6. The Hall–Kier alpha value is -1.21. The minimum atomic E-state index is -0.234. The van der Waals surface area contributed by atoms with Crippen molar-refractivity contribution >= 4 is 11.8 Å². The maximum absolute atomic E-state index is 11.6. The predicted molar refractivity (Wildman–Crippen MR) is 60.2 cm³/mol. The van der Waals surface area contributed by atoms with Crippen molar-refractivity contribution in [3.63, 3.8) is 0 Å². The van der Waals surface area contributed by atoms with E-state index in [0.717, 1.165) is 36.3 Å². The third-order valence-electron chi connectivity index (χ3n) is 2.78. The number of nitriles is 1. The van der Waals surface area contributed by atoms with Gasteiger partial charge in [-0.15, -0.1) is 11.8 Å². The van der Waals surface area contributed by atoms with E-state index in [0.29, 0.717) is 0 Å². The molecule has 0 fully saturated rings. The fourth-order valence-electron chi connectivity index (χ4n) is 2.07. The van der Waals surface area contributed by atoms with E-state index in [-0.39, 0.29) is 11.1 Å². The van der Waals surface area contributed by atoms with Crippen molar-refractivity contribution in [1.29, 1.82) is 5.26 Å².